The summed E-state index contributed by atoms with van der Waals surface area (Å²) in [4.78, 5) is 28.4. The minimum Gasteiger partial charge on any atom is -0.481 e. The van der Waals surface area contributed by atoms with E-state index in [0.29, 0.717) is 18.5 Å². The fourth-order valence-electron chi connectivity index (χ4n) is 3.97. The highest BCUT2D eigenvalue weighted by atomic mass is 16.4. The average Bonchev–Trinajstić information content (AvgIpc) is 3.27. The molecule has 8 heteroatoms. The van der Waals surface area contributed by atoms with Crippen LogP contribution < -0.4 is 5.32 Å². The topological polar surface area (TPSA) is 110 Å². The Labute approximate surface area is 161 Å². The fraction of sp³-hybridized carbons (Fsp3) is 0.350. The second-order valence-corrected chi connectivity index (χ2v) is 7.33. The van der Waals surface area contributed by atoms with E-state index in [1.807, 2.05) is 30.3 Å². The van der Waals surface area contributed by atoms with Crippen LogP contribution in [-0.4, -0.2) is 42.5 Å². The van der Waals surface area contributed by atoms with Crippen LogP contribution in [0.2, 0.25) is 0 Å². The van der Waals surface area contributed by atoms with E-state index < -0.39 is 11.5 Å². The molecule has 0 spiro atoms. The van der Waals surface area contributed by atoms with Crippen molar-refractivity contribution >= 4 is 22.8 Å². The number of carbonyl (C=O) groups is 2. The molecule has 0 bridgehead atoms. The summed E-state index contributed by atoms with van der Waals surface area (Å²) < 4.78 is 1.61. The quantitative estimate of drug-likeness (QED) is 0.705. The number of pyridine rings is 1. The average molecular weight is 379 g/mol. The molecule has 0 unspecified atom stereocenters. The van der Waals surface area contributed by atoms with Gasteiger partial charge in [-0.1, -0.05) is 24.1 Å². The molecule has 8 nitrogen and oxygen atoms in total. The van der Waals surface area contributed by atoms with Gasteiger partial charge in [-0.25, -0.2) is 4.68 Å². The standard InChI is InChI=1S/C20H21N5O3/c1-13-18(19(28)22-20(12-17(26)27)8-2-3-9-20)23-24-25(13)15-6-7-16-14(11-15)5-4-10-21-16/h4-7,10-11H,2-3,8-9,12H2,1H3,(H,22,28)(H,26,27). The van der Waals surface area contributed by atoms with Crippen molar-refractivity contribution in [2.45, 2.75) is 44.6 Å². The van der Waals surface area contributed by atoms with E-state index in [1.54, 1.807) is 17.8 Å². The Morgan fingerprint density at radius 3 is 2.79 bits per heavy atom. The Kier molecular flexibility index (Phi) is 4.54. The van der Waals surface area contributed by atoms with Crippen LogP contribution in [0.5, 0.6) is 0 Å². The number of hydrogen-bond acceptors (Lipinski definition) is 5. The molecule has 1 amide bonds. The molecule has 2 aromatic heterocycles. The van der Waals surface area contributed by atoms with Crippen molar-refractivity contribution in [3.8, 4) is 5.69 Å². The van der Waals surface area contributed by atoms with E-state index in [1.165, 1.54) is 0 Å². The van der Waals surface area contributed by atoms with Gasteiger partial charge in [0.15, 0.2) is 5.69 Å². The Bertz CT molecular complexity index is 1050. The van der Waals surface area contributed by atoms with E-state index in [0.717, 1.165) is 29.4 Å². The number of fused-ring (bicyclic) bond motifs is 1. The number of carbonyl (C=O) groups excluding carboxylic acids is 1. The van der Waals surface area contributed by atoms with E-state index in [4.69, 9.17) is 0 Å². The number of aliphatic carboxylic acids is 1. The van der Waals surface area contributed by atoms with Gasteiger partial charge in [-0.05, 0) is 44.0 Å². The van der Waals surface area contributed by atoms with Crippen molar-refractivity contribution in [3.05, 3.63) is 47.9 Å². The molecule has 1 saturated carbocycles. The number of aromatic nitrogens is 4. The number of benzene rings is 1. The van der Waals surface area contributed by atoms with E-state index >= 15 is 0 Å². The van der Waals surface area contributed by atoms with Crippen LogP contribution >= 0.6 is 0 Å². The Morgan fingerprint density at radius 1 is 1.25 bits per heavy atom. The third kappa shape index (κ3) is 3.33. The van der Waals surface area contributed by atoms with Crippen LogP contribution in [-0.2, 0) is 4.79 Å². The zero-order valence-corrected chi connectivity index (χ0v) is 15.6. The molecule has 0 aliphatic heterocycles. The number of nitrogens with zero attached hydrogens (tertiary/aromatic N) is 4. The summed E-state index contributed by atoms with van der Waals surface area (Å²) >= 11 is 0. The molecule has 28 heavy (non-hydrogen) atoms. The van der Waals surface area contributed by atoms with Crippen LogP contribution in [0.25, 0.3) is 16.6 Å². The molecule has 1 aliphatic carbocycles. The van der Waals surface area contributed by atoms with Crippen molar-refractivity contribution in [2.24, 2.45) is 0 Å². The molecule has 1 fully saturated rings. The summed E-state index contributed by atoms with van der Waals surface area (Å²) in [5.74, 6) is -1.29. The maximum atomic E-state index is 12.8. The fourth-order valence-corrected chi connectivity index (χ4v) is 3.97. The maximum absolute atomic E-state index is 12.8. The number of amides is 1. The highest BCUT2D eigenvalue weighted by Gasteiger charge is 2.38. The molecular formula is C20H21N5O3. The molecule has 0 radical (unpaired) electrons. The van der Waals surface area contributed by atoms with Crippen LogP contribution in [0, 0.1) is 6.92 Å². The Hall–Kier alpha value is -3.29. The molecule has 1 aliphatic rings. The van der Waals surface area contributed by atoms with Gasteiger partial charge in [0, 0.05) is 11.6 Å². The highest BCUT2D eigenvalue weighted by molar-refractivity contribution is 5.94. The number of carboxylic acid groups (broad SMARTS) is 1. The number of nitrogens with one attached hydrogen (secondary N) is 1. The van der Waals surface area contributed by atoms with Crippen molar-refractivity contribution in [2.75, 3.05) is 0 Å². The monoisotopic (exact) mass is 379 g/mol. The summed E-state index contributed by atoms with van der Waals surface area (Å²) in [6.07, 6.45) is 4.80. The molecule has 0 saturated heterocycles. The molecule has 4 rings (SSSR count). The van der Waals surface area contributed by atoms with Gasteiger partial charge in [0.05, 0.1) is 28.9 Å². The van der Waals surface area contributed by atoms with Crippen molar-refractivity contribution in [3.63, 3.8) is 0 Å². The molecule has 2 heterocycles. The molecule has 3 aromatic rings. The summed E-state index contributed by atoms with van der Waals surface area (Å²) in [6, 6.07) is 9.53. The predicted octanol–water partition coefficient (Wildman–Crippen LogP) is 2.64. The van der Waals surface area contributed by atoms with Gasteiger partial charge in [-0.2, -0.15) is 0 Å². The number of rotatable bonds is 5. The zero-order chi connectivity index (χ0) is 19.7. The summed E-state index contributed by atoms with van der Waals surface area (Å²) in [7, 11) is 0. The first-order valence-corrected chi connectivity index (χ1v) is 9.29. The Balaban J connectivity index is 1.62. The normalized spacial score (nSPS) is 15.6. The molecule has 1 aromatic carbocycles. The second-order valence-electron chi connectivity index (χ2n) is 7.33. The van der Waals surface area contributed by atoms with Crippen molar-refractivity contribution in [1.82, 2.24) is 25.3 Å². The van der Waals surface area contributed by atoms with Gasteiger partial charge < -0.3 is 10.4 Å². The lowest BCUT2D eigenvalue weighted by Crippen LogP contribution is -2.48. The van der Waals surface area contributed by atoms with Crippen LogP contribution in [0.3, 0.4) is 0 Å². The first-order valence-electron chi connectivity index (χ1n) is 9.29. The molecule has 2 N–H and O–H groups in total. The van der Waals surface area contributed by atoms with Gasteiger partial charge in [0.25, 0.3) is 5.91 Å². The largest absolute Gasteiger partial charge is 0.481 e. The van der Waals surface area contributed by atoms with Gasteiger partial charge in [0.2, 0.25) is 0 Å². The van der Waals surface area contributed by atoms with Crippen LogP contribution in [0.15, 0.2) is 36.5 Å². The SMILES string of the molecule is Cc1c(C(=O)NC2(CC(=O)O)CCCC2)nnn1-c1ccc2ncccc2c1. The van der Waals surface area contributed by atoms with E-state index in [2.05, 4.69) is 20.6 Å². The lowest BCUT2D eigenvalue weighted by atomic mass is 9.93. The highest BCUT2D eigenvalue weighted by Crippen LogP contribution is 2.33. The number of carboxylic acids is 1. The lowest BCUT2D eigenvalue weighted by Gasteiger charge is -2.28. The van der Waals surface area contributed by atoms with Crippen molar-refractivity contribution in [1.29, 1.82) is 0 Å². The first kappa shape index (κ1) is 18.1. The van der Waals surface area contributed by atoms with Gasteiger partial charge in [-0.15, -0.1) is 5.10 Å². The van der Waals surface area contributed by atoms with Crippen LogP contribution in [0.4, 0.5) is 0 Å². The molecule has 0 atom stereocenters. The minimum absolute atomic E-state index is 0.0798. The number of hydrogen-bond donors (Lipinski definition) is 2. The zero-order valence-electron chi connectivity index (χ0n) is 15.6. The third-order valence-electron chi connectivity index (χ3n) is 5.37. The molecule has 144 valence electrons. The smallest absolute Gasteiger partial charge is 0.305 e. The summed E-state index contributed by atoms with van der Waals surface area (Å²) in [5.41, 5.74) is 1.77. The second kappa shape index (κ2) is 7.03. The van der Waals surface area contributed by atoms with Crippen molar-refractivity contribution < 1.29 is 14.7 Å². The predicted molar refractivity (Wildman–Crippen MR) is 102 cm³/mol. The van der Waals surface area contributed by atoms with E-state index in [-0.39, 0.29) is 18.0 Å². The van der Waals surface area contributed by atoms with Crippen LogP contribution in [0.1, 0.15) is 48.3 Å². The lowest BCUT2D eigenvalue weighted by molar-refractivity contribution is -0.138. The van der Waals surface area contributed by atoms with E-state index in [9.17, 15) is 14.7 Å². The summed E-state index contributed by atoms with van der Waals surface area (Å²) in [5, 5.41) is 21.3. The van der Waals surface area contributed by atoms with Gasteiger partial charge >= 0.3 is 5.97 Å². The maximum Gasteiger partial charge on any atom is 0.305 e. The minimum atomic E-state index is -0.910. The Morgan fingerprint density at radius 2 is 2.04 bits per heavy atom. The molecular weight excluding hydrogens is 358 g/mol. The van der Waals surface area contributed by atoms with Gasteiger partial charge in [0.1, 0.15) is 0 Å². The summed E-state index contributed by atoms with van der Waals surface area (Å²) in [6.45, 7) is 1.78. The van der Waals surface area contributed by atoms with Gasteiger partial charge in [-0.3, -0.25) is 14.6 Å². The first-order chi connectivity index (χ1) is 13.5. The third-order valence-corrected chi connectivity index (χ3v) is 5.37.